The predicted molar refractivity (Wildman–Crippen MR) is 66.9 cm³/mol. The smallest absolute Gasteiger partial charge is 0.216 e. The summed E-state index contributed by atoms with van der Waals surface area (Å²) in [6.07, 6.45) is 0. The maximum atomic E-state index is 12.0. The third-order valence-electron chi connectivity index (χ3n) is 2.19. The molecule has 5 nitrogen and oxygen atoms in total. The lowest BCUT2D eigenvalue weighted by Gasteiger charge is -2.07. The highest BCUT2D eigenvalue weighted by Gasteiger charge is 2.18. The van der Waals surface area contributed by atoms with Crippen LogP contribution in [0.5, 0.6) is 0 Å². The molecule has 0 aliphatic carbocycles. The number of Topliss-reactive ketones (excluding diaryl/α,β-unsaturated/α-hetero) is 1. The van der Waals surface area contributed by atoms with E-state index in [4.69, 9.17) is 5.73 Å². The Bertz CT molecular complexity index is 511. The molecule has 0 fully saturated rings. The van der Waals surface area contributed by atoms with Gasteiger partial charge in [-0.15, -0.1) is 5.10 Å². The molecular weight excluding hydrogens is 236 g/mol. The van der Waals surface area contributed by atoms with Gasteiger partial charge in [0, 0.05) is 5.56 Å². The number of nitrogens with two attached hydrogens (primary N) is 1. The molecule has 0 aliphatic heterocycles. The van der Waals surface area contributed by atoms with E-state index >= 15 is 0 Å². The highest BCUT2D eigenvalue weighted by Crippen LogP contribution is 2.22. The predicted octanol–water partition coefficient (Wildman–Crippen LogP) is 1.75. The van der Waals surface area contributed by atoms with Gasteiger partial charge in [0.1, 0.15) is 0 Å². The molecule has 0 radical (unpaired) electrons. The fourth-order valence-corrected chi connectivity index (χ4v) is 2.17. The highest BCUT2D eigenvalue weighted by atomic mass is 32.2. The molecule has 0 saturated carbocycles. The van der Waals surface area contributed by atoms with E-state index in [1.54, 1.807) is 12.1 Å². The molecule has 0 amide bonds. The SMILES string of the molecule is C[C@@H](Sc1n[nH]c(N)n1)C(=O)c1ccccc1. The number of nitrogens with zero attached hydrogens (tertiary/aromatic N) is 2. The summed E-state index contributed by atoms with van der Waals surface area (Å²) in [6, 6.07) is 9.16. The Hall–Kier alpha value is -1.82. The Labute approximate surface area is 103 Å². The first kappa shape index (κ1) is 11.7. The number of aromatic nitrogens is 3. The number of H-pyrrole nitrogens is 1. The summed E-state index contributed by atoms with van der Waals surface area (Å²) in [4.78, 5) is 16.0. The molecule has 1 aromatic heterocycles. The number of aromatic amines is 1. The van der Waals surface area contributed by atoms with Crippen LogP contribution < -0.4 is 5.73 Å². The van der Waals surface area contributed by atoms with Crippen LogP contribution in [0.2, 0.25) is 0 Å². The van der Waals surface area contributed by atoms with Crippen molar-refractivity contribution in [2.45, 2.75) is 17.3 Å². The van der Waals surface area contributed by atoms with Crippen molar-refractivity contribution in [3.63, 3.8) is 0 Å². The lowest BCUT2D eigenvalue weighted by molar-refractivity contribution is 0.0994. The van der Waals surface area contributed by atoms with Crippen molar-refractivity contribution >= 4 is 23.5 Å². The van der Waals surface area contributed by atoms with E-state index < -0.39 is 0 Å². The van der Waals surface area contributed by atoms with Gasteiger partial charge in [-0.25, -0.2) is 5.10 Å². The van der Waals surface area contributed by atoms with Gasteiger partial charge in [0.25, 0.3) is 0 Å². The van der Waals surface area contributed by atoms with Crippen LogP contribution in [0.4, 0.5) is 5.95 Å². The molecule has 0 unspecified atom stereocenters. The Morgan fingerprint density at radius 1 is 1.41 bits per heavy atom. The number of thioether (sulfide) groups is 1. The minimum absolute atomic E-state index is 0.0546. The molecule has 0 aliphatic rings. The van der Waals surface area contributed by atoms with Crippen molar-refractivity contribution in [1.29, 1.82) is 0 Å². The van der Waals surface area contributed by atoms with Gasteiger partial charge in [-0.3, -0.25) is 4.79 Å². The molecule has 1 aromatic carbocycles. The molecule has 0 bridgehead atoms. The number of benzene rings is 1. The van der Waals surface area contributed by atoms with Crippen LogP contribution in [0.25, 0.3) is 0 Å². The second-order valence-electron chi connectivity index (χ2n) is 3.49. The Morgan fingerprint density at radius 3 is 2.71 bits per heavy atom. The number of nitrogens with one attached hydrogen (secondary N) is 1. The Morgan fingerprint density at radius 2 is 2.12 bits per heavy atom. The summed E-state index contributed by atoms with van der Waals surface area (Å²) < 4.78 is 0. The number of hydrogen-bond donors (Lipinski definition) is 2. The van der Waals surface area contributed by atoms with Crippen molar-refractivity contribution in [3.05, 3.63) is 35.9 Å². The summed E-state index contributed by atoms with van der Waals surface area (Å²) >= 11 is 1.28. The van der Waals surface area contributed by atoms with E-state index in [1.807, 2.05) is 25.1 Å². The van der Waals surface area contributed by atoms with Crippen LogP contribution in [-0.4, -0.2) is 26.2 Å². The van der Waals surface area contributed by atoms with E-state index in [9.17, 15) is 4.79 Å². The van der Waals surface area contributed by atoms with Crippen molar-refractivity contribution < 1.29 is 4.79 Å². The third-order valence-corrected chi connectivity index (χ3v) is 3.15. The molecule has 2 aromatic rings. The third kappa shape index (κ3) is 2.85. The van der Waals surface area contributed by atoms with Gasteiger partial charge in [0.2, 0.25) is 11.1 Å². The van der Waals surface area contributed by atoms with Crippen LogP contribution >= 0.6 is 11.8 Å². The van der Waals surface area contributed by atoms with Gasteiger partial charge in [-0.05, 0) is 6.92 Å². The fraction of sp³-hybridized carbons (Fsp3) is 0.182. The molecule has 1 heterocycles. The van der Waals surface area contributed by atoms with Gasteiger partial charge < -0.3 is 5.73 Å². The summed E-state index contributed by atoms with van der Waals surface area (Å²) in [7, 11) is 0. The molecular formula is C11H12N4OS. The Kier molecular flexibility index (Phi) is 3.43. The van der Waals surface area contributed by atoms with E-state index in [0.717, 1.165) is 0 Å². The monoisotopic (exact) mass is 248 g/mol. The molecule has 1 atom stereocenters. The van der Waals surface area contributed by atoms with E-state index in [1.165, 1.54) is 11.8 Å². The molecule has 2 rings (SSSR count). The number of nitrogen functional groups attached to an aromatic ring is 1. The molecule has 88 valence electrons. The summed E-state index contributed by atoms with van der Waals surface area (Å²) in [5, 5.41) is 6.66. The summed E-state index contributed by atoms with van der Waals surface area (Å²) in [5.74, 6) is 0.311. The minimum Gasteiger partial charge on any atom is -0.368 e. The van der Waals surface area contributed by atoms with Crippen LogP contribution in [0, 0.1) is 0 Å². The fourth-order valence-electron chi connectivity index (χ4n) is 1.36. The van der Waals surface area contributed by atoms with Crippen molar-refractivity contribution in [2.24, 2.45) is 0 Å². The molecule has 0 saturated heterocycles. The lowest BCUT2D eigenvalue weighted by atomic mass is 10.1. The van der Waals surface area contributed by atoms with Gasteiger partial charge in [-0.1, -0.05) is 42.1 Å². The maximum Gasteiger partial charge on any atom is 0.216 e. The number of carbonyl (C=O) groups excluding carboxylic acids is 1. The van der Waals surface area contributed by atoms with Crippen LogP contribution in [0.1, 0.15) is 17.3 Å². The summed E-state index contributed by atoms with van der Waals surface area (Å²) in [5.41, 5.74) is 6.10. The number of rotatable bonds is 4. The number of anilines is 1. The van der Waals surface area contributed by atoms with E-state index in [0.29, 0.717) is 10.7 Å². The second kappa shape index (κ2) is 5.01. The van der Waals surface area contributed by atoms with Gasteiger partial charge in [-0.2, -0.15) is 4.98 Å². The first-order chi connectivity index (χ1) is 8.16. The van der Waals surface area contributed by atoms with Crippen molar-refractivity contribution in [2.75, 3.05) is 5.73 Å². The largest absolute Gasteiger partial charge is 0.368 e. The number of hydrogen-bond acceptors (Lipinski definition) is 5. The topological polar surface area (TPSA) is 84.7 Å². The van der Waals surface area contributed by atoms with E-state index in [-0.39, 0.29) is 17.0 Å². The molecule has 3 N–H and O–H groups in total. The maximum absolute atomic E-state index is 12.0. The van der Waals surface area contributed by atoms with Crippen molar-refractivity contribution in [3.8, 4) is 0 Å². The molecule has 6 heteroatoms. The first-order valence-corrected chi connectivity index (χ1v) is 5.98. The zero-order valence-corrected chi connectivity index (χ0v) is 10.1. The average molecular weight is 248 g/mol. The van der Waals surface area contributed by atoms with Gasteiger partial charge in [0.15, 0.2) is 5.78 Å². The lowest BCUT2D eigenvalue weighted by Crippen LogP contribution is -2.13. The summed E-state index contributed by atoms with van der Waals surface area (Å²) in [6.45, 7) is 1.83. The van der Waals surface area contributed by atoms with Crippen LogP contribution in [0.15, 0.2) is 35.5 Å². The number of ketones is 1. The Balaban J connectivity index is 2.06. The van der Waals surface area contributed by atoms with Crippen LogP contribution in [-0.2, 0) is 0 Å². The zero-order valence-electron chi connectivity index (χ0n) is 9.25. The van der Waals surface area contributed by atoms with E-state index in [2.05, 4.69) is 15.2 Å². The van der Waals surface area contributed by atoms with Gasteiger partial charge in [0.05, 0.1) is 5.25 Å². The van der Waals surface area contributed by atoms with Gasteiger partial charge >= 0.3 is 0 Å². The first-order valence-electron chi connectivity index (χ1n) is 5.10. The van der Waals surface area contributed by atoms with Crippen LogP contribution in [0.3, 0.4) is 0 Å². The van der Waals surface area contributed by atoms with Crippen molar-refractivity contribution in [1.82, 2.24) is 15.2 Å². The normalized spacial score (nSPS) is 12.3. The standard InChI is InChI=1S/C11H12N4OS/c1-7(17-11-13-10(12)14-15-11)9(16)8-5-3-2-4-6-8/h2-7H,1H3,(H3,12,13,14,15)/t7-/m1/s1. The minimum atomic E-state index is -0.243. The second-order valence-corrected chi connectivity index (χ2v) is 4.80. The highest BCUT2D eigenvalue weighted by molar-refractivity contribution is 8.00. The number of carbonyl (C=O) groups is 1. The molecule has 0 spiro atoms. The zero-order chi connectivity index (χ0) is 12.3. The average Bonchev–Trinajstić information content (AvgIpc) is 2.75. The molecule has 17 heavy (non-hydrogen) atoms. The quantitative estimate of drug-likeness (QED) is 0.636.